The maximum absolute atomic E-state index is 11.4. The number of pyridine rings is 1. The van der Waals surface area contributed by atoms with Crippen molar-refractivity contribution >= 4 is 15.9 Å². The van der Waals surface area contributed by atoms with E-state index in [1.165, 1.54) is 6.20 Å². The van der Waals surface area contributed by atoms with Gasteiger partial charge in [0.25, 0.3) is 0 Å². The summed E-state index contributed by atoms with van der Waals surface area (Å²) >= 11 is 3.28. The zero-order valence-corrected chi connectivity index (χ0v) is 9.39. The van der Waals surface area contributed by atoms with Crippen molar-refractivity contribution in [2.75, 3.05) is 0 Å². The molecule has 0 spiro atoms. The molecule has 15 heavy (non-hydrogen) atoms. The van der Waals surface area contributed by atoms with E-state index in [0.29, 0.717) is 6.54 Å². The minimum Gasteiger partial charge on any atom is -0.294 e. The van der Waals surface area contributed by atoms with Crippen molar-refractivity contribution in [3.05, 3.63) is 57.4 Å². The van der Waals surface area contributed by atoms with Crippen molar-refractivity contribution in [2.24, 2.45) is 0 Å². The standard InChI is InChI=1S/C10H8BrN3O/c11-9-5-13-10(15)14(7-9)6-8-1-3-12-4-2-8/h1-5,7H,6H2. The van der Waals surface area contributed by atoms with Gasteiger partial charge in [0.1, 0.15) is 0 Å². The normalized spacial score (nSPS) is 10.2. The maximum Gasteiger partial charge on any atom is 0.347 e. The highest BCUT2D eigenvalue weighted by Gasteiger charge is 1.99. The number of nitrogens with zero attached hydrogens (tertiary/aromatic N) is 3. The largest absolute Gasteiger partial charge is 0.347 e. The molecule has 0 saturated heterocycles. The molecule has 0 aliphatic rings. The van der Waals surface area contributed by atoms with Crippen LogP contribution in [0.5, 0.6) is 0 Å². The summed E-state index contributed by atoms with van der Waals surface area (Å²) in [6.07, 6.45) is 6.61. The molecule has 2 aromatic rings. The van der Waals surface area contributed by atoms with Crippen molar-refractivity contribution in [3.63, 3.8) is 0 Å². The Bertz CT molecular complexity index is 510. The van der Waals surface area contributed by atoms with Crippen LogP contribution in [0.3, 0.4) is 0 Å². The molecule has 76 valence electrons. The summed E-state index contributed by atoms with van der Waals surface area (Å²) in [6, 6.07) is 3.74. The zero-order chi connectivity index (χ0) is 10.7. The van der Waals surface area contributed by atoms with E-state index in [4.69, 9.17) is 0 Å². The maximum atomic E-state index is 11.4. The van der Waals surface area contributed by atoms with E-state index in [1.54, 1.807) is 23.2 Å². The second kappa shape index (κ2) is 4.35. The Morgan fingerprint density at radius 3 is 2.80 bits per heavy atom. The number of aromatic nitrogens is 3. The molecular formula is C10H8BrN3O. The predicted molar refractivity (Wildman–Crippen MR) is 59.5 cm³/mol. The van der Waals surface area contributed by atoms with Gasteiger partial charge in [0.05, 0.1) is 11.0 Å². The summed E-state index contributed by atoms with van der Waals surface area (Å²) in [6.45, 7) is 0.508. The van der Waals surface area contributed by atoms with Gasteiger partial charge in [-0.15, -0.1) is 0 Å². The van der Waals surface area contributed by atoms with Crippen molar-refractivity contribution < 1.29 is 0 Å². The van der Waals surface area contributed by atoms with Gasteiger partial charge in [0.15, 0.2) is 0 Å². The van der Waals surface area contributed by atoms with Gasteiger partial charge >= 0.3 is 5.69 Å². The smallest absolute Gasteiger partial charge is 0.294 e. The van der Waals surface area contributed by atoms with Crippen LogP contribution in [0.25, 0.3) is 0 Å². The van der Waals surface area contributed by atoms with E-state index in [0.717, 1.165) is 10.0 Å². The lowest BCUT2D eigenvalue weighted by Crippen LogP contribution is -2.22. The number of hydrogen-bond acceptors (Lipinski definition) is 3. The van der Waals surface area contributed by atoms with Gasteiger partial charge in [0.2, 0.25) is 0 Å². The van der Waals surface area contributed by atoms with Gasteiger partial charge in [-0.05, 0) is 33.6 Å². The first-order chi connectivity index (χ1) is 7.25. The van der Waals surface area contributed by atoms with Crippen molar-refractivity contribution in [3.8, 4) is 0 Å². The monoisotopic (exact) mass is 265 g/mol. The minimum atomic E-state index is -0.255. The molecule has 0 saturated carbocycles. The van der Waals surface area contributed by atoms with E-state index in [9.17, 15) is 4.79 Å². The molecule has 0 radical (unpaired) electrons. The fraction of sp³-hybridized carbons (Fsp3) is 0.100. The molecule has 5 heteroatoms. The molecule has 0 aliphatic carbocycles. The van der Waals surface area contributed by atoms with Gasteiger partial charge in [-0.25, -0.2) is 9.78 Å². The van der Waals surface area contributed by atoms with Crippen LogP contribution in [-0.4, -0.2) is 14.5 Å². The average molecular weight is 266 g/mol. The van der Waals surface area contributed by atoms with E-state index < -0.39 is 0 Å². The zero-order valence-electron chi connectivity index (χ0n) is 7.80. The molecule has 0 aromatic carbocycles. The van der Waals surface area contributed by atoms with Crippen LogP contribution in [0.2, 0.25) is 0 Å². The molecule has 0 aliphatic heterocycles. The third kappa shape index (κ3) is 2.50. The molecule has 0 bridgehead atoms. The first-order valence-electron chi connectivity index (χ1n) is 4.36. The lowest BCUT2D eigenvalue weighted by Gasteiger charge is -2.04. The summed E-state index contributed by atoms with van der Waals surface area (Å²) < 4.78 is 2.33. The molecule has 2 aromatic heterocycles. The van der Waals surface area contributed by atoms with Gasteiger partial charge in [-0.1, -0.05) is 0 Å². The molecule has 2 rings (SSSR count). The lowest BCUT2D eigenvalue weighted by molar-refractivity contribution is 0.722. The molecule has 0 N–H and O–H groups in total. The fourth-order valence-electron chi connectivity index (χ4n) is 1.23. The number of rotatable bonds is 2. The molecular weight excluding hydrogens is 258 g/mol. The van der Waals surface area contributed by atoms with Crippen molar-refractivity contribution in [1.29, 1.82) is 0 Å². The Labute approximate surface area is 94.8 Å². The molecule has 0 atom stereocenters. The SMILES string of the molecule is O=c1ncc(Br)cn1Cc1ccncc1. The first-order valence-corrected chi connectivity index (χ1v) is 5.16. The van der Waals surface area contributed by atoms with Gasteiger partial charge in [0, 0.05) is 24.8 Å². The number of halogens is 1. The summed E-state index contributed by atoms with van der Waals surface area (Å²) in [5.41, 5.74) is 0.766. The Morgan fingerprint density at radius 2 is 2.07 bits per heavy atom. The summed E-state index contributed by atoms with van der Waals surface area (Å²) in [5, 5.41) is 0. The predicted octanol–water partition coefficient (Wildman–Crippen LogP) is 1.45. The highest BCUT2D eigenvalue weighted by atomic mass is 79.9. The topological polar surface area (TPSA) is 47.8 Å². The highest BCUT2D eigenvalue weighted by molar-refractivity contribution is 9.10. The van der Waals surface area contributed by atoms with Crippen LogP contribution in [0, 0.1) is 0 Å². The molecule has 4 nitrogen and oxygen atoms in total. The van der Waals surface area contributed by atoms with E-state index in [-0.39, 0.29) is 5.69 Å². The summed E-state index contributed by atoms with van der Waals surface area (Å²) in [5.74, 6) is 0. The van der Waals surface area contributed by atoms with Crippen molar-refractivity contribution in [2.45, 2.75) is 6.54 Å². The first kappa shape index (κ1) is 10.0. The quantitative estimate of drug-likeness (QED) is 0.826. The Hall–Kier alpha value is -1.49. The second-order valence-electron chi connectivity index (χ2n) is 3.04. The van der Waals surface area contributed by atoms with Crippen molar-refractivity contribution in [1.82, 2.24) is 14.5 Å². The van der Waals surface area contributed by atoms with Crippen LogP contribution >= 0.6 is 15.9 Å². The van der Waals surface area contributed by atoms with E-state index >= 15 is 0 Å². The third-order valence-corrected chi connectivity index (χ3v) is 2.33. The fourth-order valence-corrected chi connectivity index (χ4v) is 1.58. The van der Waals surface area contributed by atoms with Crippen LogP contribution in [0.15, 0.2) is 46.2 Å². The van der Waals surface area contributed by atoms with Gasteiger partial charge in [-0.2, -0.15) is 0 Å². The van der Waals surface area contributed by atoms with Crippen LogP contribution < -0.4 is 5.69 Å². The summed E-state index contributed by atoms with van der Waals surface area (Å²) in [7, 11) is 0. The Morgan fingerprint density at radius 1 is 1.33 bits per heavy atom. The highest BCUT2D eigenvalue weighted by Crippen LogP contribution is 2.05. The molecule has 0 unspecified atom stereocenters. The minimum absolute atomic E-state index is 0.255. The Kier molecular flexibility index (Phi) is 2.91. The van der Waals surface area contributed by atoms with E-state index in [2.05, 4.69) is 25.9 Å². The second-order valence-corrected chi connectivity index (χ2v) is 3.95. The lowest BCUT2D eigenvalue weighted by atomic mass is 10.3. The van der Waals surface area contributed by atoms with E-state index in [1.807, 2.05) is 12.1 Å². The Balaban J connectivity index is 2.32. The van der Waals surface area contributed by atoms with Crippen LogP contribution in [-0.2, 0) is 6.54 Å². The van der Waals surface area contributed by atoms with Crippen LogP contribution in [0.4, 0.5) is 0 Å². The van der Waals surface area contributed by atoms with Gasteiger partial charge in [-0.3, -0.25) is 9.55 Å². The van der Waals surface area contributed by atoms with Crippen LogP contribution in [0.1, 0.15) is 5.56 Å². The average Bonchev–Trinajstić information content (AvgIpc) is 2.25. The summed E-state index contributed by atoms with van der Waals surface area (Å²) in [4.78, 5) is 19.0. The number of hydrogen-bond donors (Lipinski definition) is 0. The van der Waals surface area contributed by atoms with Gasteiger partial charge < -0.3 is 0 Å². The molecule has 0 amide bonds. The molecule has 2 heterocycles. The third-order valence-electron chi connectivity index (χ3n) is 1.93. The molecule has 0 fully saturated rings.